The van der Waals surface area contributed by atoms with Gasteiger partial charge in [-0.25, -0.2) is 0 Å². The van der Waals surface area contributed by atoms with Gasteiger partial charge in [-0.2, -0.15) is 0 Å². The molecule has 16 heavy (non-hydrogen) atoms. The zero-order chi connectivity index (χ0) is 11.4. The molecule has 0 spiro atoms. The number of nitrogens with zero attached hydrogens (tertiary/aromatic N) is 1. The summed E-state index contributed by atoms with van der Waals surface area (Å²) in [6.07, 6.45) is 3.61. The molecule has 1 unspecified atom stereocenters. The molecule has 1 aliphatic rings. The van der Waals surface area contributed by atoms with Gasteiger partial charge in [0.05, 0.1) is 5.92 Å². The van der Waals surface area contributed by atoms with Gasteiger partial charge in [0.15, 0.2) is 0 Å². The third-order valence-corrected chi connectivity index (χ3v) is 3.59. The Bertz CT molecular complexity index is 361. The average Bonchev–Trinajstić information content (AvgIpc) is 2.78. The fraction of sp³-hybridized carbons (Fsp3) is 0.462. The van der Waals surface area contributed by atoms with Crippen molar-refractivity contribution in [3.63, 3.8) is 0 Å². The highest BCUT2D eigenvalue weighted by Gasteiger charge is 2.18. The molecule has 1 saturated heterocycles. The molecule has 1 atom stereocenters. The predicted octanol–water partition coefficient (Wildman–Crippen LogP) is 2.83. The van der Waals surface area contributed by atoms with Gasteiger partial charge in [0.1, 0.15) is 6.29 Å². The molecule has 0 aliphatic carbocycles. The number of likely N-dealkylation sites (tertiary alicyclic amines) is 1. The van der Waals surface area contributed by atoms with E-state index in [2.05, 4.69) is 20.8 Å². The number of hydrogen-bond donors (Lipinski definition) is 0. The zero-order valence-electron chi connectivity index (χ0n) is 9.23. The summed E-state index contributed by atoms with van der Waals surface area (Å²) in [6, 6.07) is 8.04. The van der Waals surface area contributed by atoms with E-state index in [0.717, 1.165) is 36.0 Å². The highest BCUT2D eigenvalue weighted by Crippen LogP contribution is 2.21. The molecule has 1 heterocycles. The van der Waals surface area contributed by atoms with Crippen molar-refractivity contribution in [1.29, 1.82) is 0 Å². The Balaban J connectivity index is 2.06. The predicted molar refractivity (Wildman–Crippen MR) is 68.6 cm³/mol. The summed E-state index contributed by atoms with van der Waals surface area (Å²) >= 11 is 3.44. The van der Waals surface area contributed by atoms with Gasteiger partial charge in [-0.1, -0.05) is 28.1 Å². The normalized spacial score (nSPS) is 18.6. The summed E-state index contributed by atoms with van der Waals surface area (Å²) in [5.41, 5.74) is 1.11. The number of aldehydes is 1. The lowest BCUT2D eigenvalue weighted by Crippen LogP contribution is -2.26. The van der Waals surface area contributed by atoms with Crippen LogP contribution in [-0.4, -0.2) is 30.8 Å². The van der Waals surface area contributed by atoms with Gasteiger partial charge in [0, 0.05) is 11.0 Å². The van der Waals surface area contributed by atoms with E-state index < -0.39 is 0 Å². The maximum absolute atomic E-state index is 11.2. The summed E-state index contributed by atoms with van der Waals surface area (Å²) in [6.45, 7) is 3.14. The molecule has 2 nitrogen and oxygen atoms in total. The molecule has 3 heteroatoms. The van der Waals surface area contributed by atoms with E-state index >= 15 is 0 Å². The Hall–Kier alpha value is -0.670. The molecule has 2 rings (SSSR count). The maximum atomic E-state index is 11.2. The van der Waals surface area contributed by atoms with Crippen LogP contribution in [-0.2, 0) is 4.79 Å². The molecule has 0 aromatic heterocycles. The molecule has 0 bridgehead atoms. The van der Waals surface area contributed by atoms with Crippen LogP contribution in [0.2, 0.25) is 0 Å². The minimum absolute atomic E-state index is 0.00981. The van der Waals surface area contributed by atoms with Crippen LogP contribution in [0.3, 0.4) is 0 Å². The van der Waals surface area contributed by atoms with Crippen LogP contribution < -0.4 is 0 Å². The number of hydrogen-bond acceptors (Lipinski definition) is 2. The van der Waals surface area contributed by atoms with Crippen LogP contribution in [0.25, 0.3) is 0 Å². The topological polar surface area (TPSA) is 20.3 Å². The lowest BCUT2D eigenvalue weighted by molar-refractivity contribution is -0.109. The van der Waals surface area contributed by atoms with Crippen molar-refractivity contribution in [2.24, 2.45) is 0 Å². The quantitative estimate of drug-likeness (QED) is 0.791. The molecule has 0 radical (unpaired) electrons. The van der Waals surface area contributed by atoms with Crippen LogP contribution in [0, 0.1) is 0 Å². The molecule has 1 fully saturated rings. The van der Waals surface area contributed by atoms with E-state index in [1.807, 2.05) is 24.3 Å². The van der Waals surface area contributed by atoms with E-state index in [0.29, 0.717) is 0 Å². The number of rotatable bonds is 4. The Morgan fingerprint density at radius 2 is 2.12 bits per heavy atom. The largest absolute Gasteiger partial charge is 0.303 e. The van der Waals surface area contributed by atoms with E-state index in [1.165, 1.54) is 12.8 Å². The second-order valence-corrected chi connectivity index (χ2v) is 5.22. The first-order chi connectivity index (χ1) is 7.79. The van der Waals surface area contributed by atoms with Gasteiger partial charge in [-0.05, 0) is 43.6 Å². The molecule has 1 aromatic rings. The molecular weight excluding hydrogens is 266 g/mol. The third-order valence-electron chi connectivity index (χ3n) is 3.09. The van der Waals surface area contributed by atoms with Gasteiger partial charge < -0.3 is 9.69 Å². The molecule has 0 amide bonds. The second kappa shape index (κ2) is 5.60. The minimum atomic E-state index is 0.00981. The lowest BCUT2D eigenvalue weighted by Gasteiger charge is -2.19. The van der Waals surface area contributed by atoms with E-state index in [-0.39, 0.29) is 5.92 Å². The fourth-order valence-corrected chi connectivity index (χ4v) is 2.62. The lowest BCUT2D eigenvalue weighted by atomic mass is 10.0. The summed E-state index contributed by atoms with van der Waals surface area (Å²) in [4.78, 5) is 13.5. The first kappa shape index (κ1) is 11.8. The number of carbonyl (C=O) groups is 1. The fourth-order valence-electron chi connectivity index (χ4n) is 2.21. The molecule has 1 aliphatic heterocycles. The molecule has 0 N–H and O–H groups in total. The Morgan fingerprint density at radius 3 is 2.75 bits per heavy atom. The third kappa shape index (κ3) is 2.92. The highest BCUT2D eigenvalue weighted by molar-refractivity contribution is 9.10. The molecule has 86 valence electrons. The standard InChI is InChI=1S/C13H16BrNO/c14-13-5-3-4-11(8-13)12(10-16)9-15-6-1-2-7-15/h3-5,8,10,12H,1-2,6-7,9H2. The SMILES string of the molecule is O=CC(CN1CCCC1)c1cccc(Br)c1. The van der Waals surface area contributed by atoms with Gasteiger partial charge in [0.25, 0.3) is 0 Å². The van der Waals surface area contributed by atoms with Crippen LogP contribution in [0.5, 0.6) is 0 Å². The average molecular weight is 282 g/mol. The monoisotopic (exact) mass is 281 g/mol. The Morgan fingerprint density at radius 1 is 1.38 bits per heavy atom. The maximum Gasteiger partial charge on any atom is 0.128 e. The number of carbonyl (C=O) groups excluding carboxylic acids is 1. The van der Waals surface area contributed by atoms with Crippen molar-refractivity contribution < 1.29 is 4.79 Å². The zero-order valence-corrected chi connectivity index (χ0v) is 10.8. The molecule has 1 aromatic carbocycles. The van der Waals surface area contributed by atoms with Crippen molar-refractivity contribution in [2.75, 3.05) is 19.6 Å². The molecule has 0 saturated carbocycles. The number of halogens is 1. The second-order valence-electron chi connectivity index (χ2n) is 4.31. The van der Waals surface area contributed by atoms with Gasteiger partial charge >= 0.3 is 0 Å². The number of benzene rings is 1. The summed E-state index contributed by atoms with van der Waals surface area (Å²) in [5.74, 6) is 0.00981. The van der Waals surface area contributed by atoms with E-state index in [1.54, 1.807) is 0 Å². The first-order valence-electron chi connectivity index (χ1n) is 5.72. The van der Waals surface area contributed by atoms with Crippen LogP contribution in [0.4, 0.5) is 0 Å². The van der Waals surface area contributed by atoms with E-state index in [9.17, 15) is 4.79 Å². The van der Waals surface area contributed by atoms with Crippen LogP contribution in [0.1, 0.15) is 24.3 Å². The van der Waals surface area contributed by atoms with Crippen molar-refractivity contribution in [1.82, 2.24) is 4.90 Å². The Kier molecular flexibility index (Phi) is 4.13. The smallest absolute Gasteiger partial charge is 0.128 e. The highest BCUT2D eigenvalue weighted by atomic mass is 79.9. The van der Waals surface area contributed by atoms with Gasteiger partial charge in [-0.3, -0.25) is 0 Å². The van der Waals surface area contributed by atoms with Crippen molar-refractivity contribution in [2.45, 2.75) is 18.8 Å². The summed E-state index contributed by atoms with van der Waals surface area (Å²) in [5, 5.41) is 0. The first-order valence-corrected chi connectivity index (χ1v) is 6.52. The summed E-state index contributed by atoms with van der Waals surface area (Å²) < 4.78 is 1.04. The Labute approximate surface area is 105 Å². The van der Waals surface area contributed by atoms with Gasteiger partial charge in [-0.15, -0.1) is 0 Å². The van der Waals surface area contributed by atoms with Crippen LogP contribution in [0.15, 0.2) is 28.7 Å². The summed E-state index contributed by atoms with van der Waals surface area (Å²) in [7, 11) is 0. The van der Waals surface area contributed by atoms with Crippen molar-refractivity contribution in [3.8, 4) is 0 Å². The van der Waals surface area contributed by atoms with E-state index in [4.69, 9.17) is 0 Å². The van der Waals surface area contributed by atoms with Gasteiger partial charge in [0.2, 0.25) is 0 Å². The minimum Gasteiger partial charge on any atom is -0.303 e. The van der Waals surface area contributed by atoms with Crippen molar-refractivity contribution >= 4 is 22.2 Å². The molecular formula is C13H16BrNO. The van der Waals surface area contributed by atoms with Crippen LogP contribution >= 0.6 is 15.9 Å². The van der Waals surface area contributed by atoms with Crippen molar-refractivity contribution in [3.05, 3.63) is 34.3 Å².